The molecule has 0 radical (unpaired) electrons. The van der Waals surface area contributed by atoms with Crippen LogP contribution in [0.2, 0.25) is 5.02 Å². The number of hydrogen-bond donors (Lipinski definition) is 2. The zero-order valence-corrected chi connectivity index (χ0v) is 19.3. The van der Waals surface area contributed by atoms with Crippen molar-refractivity contribution < 1.29 is 13.9 Å². The van der Waals surface area contributed by atoms with Crippen LogP contribution in [0.5, 0.6) is 0 Å². The lowest BCUT2D eigenvalue weighted by Crippen LogP contribution is -2.42. The van der Waals surface area contributed by atoms with Gasteiger partial charge >= 0.3 is 6.03 Å². The smallest absolute Gasteiger partial charge is 0.320 e. The minimum Gasteiger partial charge on any atom is -0.383 e. The molecular formula is C24H27ClFN5O2. The quantitative estimate of drug-likeness (QED) is 0.541. The zero-order chi connectivity index (χ0) is 23.4. The first-order valence-electron chi connectivity index (χ1n) is 10.8. The molecule has 0 spiro atoms. The second-order valence-electron chi connectivity index (χ2n) is 8.18. The van der Waals surface area contributed by atoms with E-state index < -0.39 is 5.82 Å². The third-order valence-corrected chi connectivity index (χ3v) is 5.93. The molecule has 3 aromatic rings. The maximum absolute atomic E-state index is 14.0. The molecule has 2 atom stereocenters. The number of urea groups is 1. The summed E-state index contributed by atoms with van der Waals surface area (Å²) in [5.74, 6) is 0.0654. The van der Waals surface area contributed by atoms with Crippen molar-refractivity contribution in [3.8, 4) is 5.69 Å². The predicted octanol–water partition coefficient (Wildman–Crippen LogP) is 4.21. The first-order chi connectivity index (χ1) is 15.9. The van der Waals surface area contributed by atoms with E-state index in [1.165, 1.54) is 12.1 Å². The summed E-state index contributed by atoms with van der Waals surface area (Å²) in [7, 11) is 1.65. The summed E-state index contributed by atoms with van der Waals surface area (Å²) < 4.78 is 20.9. The van der Waals surface area contributed by atoms with Gasteiger partial charge in [-0.1, -0.05) is 29.8 Å². The van der Waals surface area contributed by atoms with Gasteiger partial charge in [0.15, 0.2) is 0 Å². The Morgan fingerprint density at radius 3 is 2.73 bits per heavy atom. The average molecular weight is 472 g/mol. The number of hydrogen-bond acceptors (Lipinski definition) is 4. The number of carbonyl (C=O) groups excluding carboxylic acids is 1. The van der Waals surface area contributed by atoms with E-state index in [0.717, 1.165) is 23.5 Å². The third kappa shape index (κ3) is 5.71. The van der Waals surface area contributed by atoms with E-state index in [1.54, 1.807) is 17.9 Å². The van der Waals surface area contributed by atoms with Crippen LogP contribution in [0, 0.1) is 12.7 Å². The number of para-hydroxylation sites is 1. The molecule has 0 bridgehead atoms. The highest BCUT2D eigenvalue weighted by molar-refractivity contribution is 6.30. The minimum atomic E-state index is -0.390. The van der Waals surface area contributed by atoms with Gasteiger partial charge in [0.2, 0.25) is 0 Å². The number of amides is 2. The van der Waals surface area contributed by atoms with Crippen LogP contribution < -0.4 is 10.6 Å². The van der Waals surface area contributed by atoms with Crippen molar-refractivity contribution in [3.05, 3.63) is 76.7 Å². The van der Waals surface area contributed by atoms with Gasteiger partial charge in [0.05, 0.1) is 24.0 Å². The topological polar surface area (TPSA) is 71.4 Å². The van der Waals surface area contributed by atoms with E-state index in [4.69, 9.17) is 16.3 Å². The van der Waals surface area contributed by atoms with Crippen molar-refractivity contribution in [2.24, 2.45) is 0 Å². The largest absolute Gasteiger partial charge is 0.383 e. The van der Waals surface area contributed by atoms with E-state index in [9.17, 15) is 9.18 Å². The van der Waals surface area contributed by atoms with Crippen LogP contribution in [0.15, 0.2) is 54.6 Å². The highest BCUT2D eigenvalue weighted by Crippen LogP contribution is 2.30. The number of carbonyl (C=O) groups is 1. The van der Waals surface area contributed by atoms with Crippen molar-refractivity contribution in [3.63, 3.8) is 0 Å². The molecule has 2 amide bonds. The number of methoxy groups -OCH3 is 1. The van der Waals surface area contributed by atoms with Gasteiger partial charge in [-0.05, 0) is 42.8 Å². The van der Waals surface area contributed by atoms with E-state index in [2.05, 4.69) is 20.6 Å². The molecule has 0 aliphatic carbocycles. The van der Waals surface area contributed by atoms with Gasteiger partial charge in [-0.2, -0.15) is 5.10 Å². The molecule has 4 rings (SSSR count). The van der Waals surface area contributed by atoms with Gasteiger partial charge in [0.25, 0.3) is 0 Å². The van der Waals surface area contributed by atoms with E-state index in [0.29, 0.717) is 30.5 Å². The van der Waals surface area contributed by atoms with Gasteiger partial charge < -0.3 is 10.1 Å². The normalized spacial score (nSPS) is 18.4. The molecule has 9 heteroatoms. The molecule has 2 N–H and O–H groups in total. The van der Waals surface area contributed by atoms with Crippen LogP contribution >= 0.6 is 11.6 Å². The summed E-state index contributed by atoms with van der Waals surface area (Å²) in [4.78, 5) is 15.2. The van der Waals surface area contributed by atoms with Crippen molar-refractivity contribution in [2.45, 2.75) is 18.9 Å². The number of anilines is 1. The summed E-state index contributed by atoms with van der Waals surface area (Å²) in [5.41, 5.74) is 2.39. The molecule has 7 nitrogen and oxygen atoms in total. The Balaban J connectivity index is 1.52. The number of nitrogens with one attached hydrogen (secondary N) is 2. The third-order valence-electron chi connectivity index (χ3n) is 5.71. The minimum absolute atomic E-state index is 0.110. The fraction of sp³-hybridized carbons (Fsp3) is 0.333. The molecule has 2 aromatic carbocycles. The maximum atomic E-state index is 14.0. The number of rotatable bonds is 7. The standard InChI is InChI=1S/C24H27ClFN5O2/c1-16-10-23(31(29-16)20-6-4-3-5-7-20)28-24(32)27-22-15-30(8-9-33-2)14-21(22)17-11-18(25)13-19(26)12-17/h3-7,10-13,21-22H,8-9,14-15H2,1-2H3,(H2,27,28,32)/t21-,22+/m0/s1. The van der Waals surface area contributed by atoms with Crippen molar-refractivity contribution in [2.75, 3.05) is 38.7 Å². The van der Waals surface area contributed by atoms with Crippen LogP contribution in [0.4, 0.5) is 15.0 Å². The van der Waals surface area contributed by atoms with Crippen molar-refractivity contribution in [1.82, 2.24) is 20.0 Å². The second kappa shape index (κ2) is 10.3. The number of aromatic nitrogens is 2. The first-order valence-corrected chi connectivity index (χ1v) is 11.2. The van der Waals surface area contributed by atoms with E-state index >= 15 is 0 Å². The fourth-order valence-corrected chi connectivity index (χ4v) is 4.47. The van der Waals surface area contributed by atoms with E-state index in [-0.39, 0.29) is 18.0 Å². The Morgan fingerprint density at radius 1 is 1.21 bits per heavy atom. The Bertz CT molecular complexity index is 1090. The first kappa shape index (κ1) is 23.2. The van der Waals surface area contributed by atoms with Gasteiger partial charge in [-0.3, -0.25) is 10.2 Å². The van der Waals surface area contributed by atoms with Crippen LogP contribution in [-0.2, 0) is 4.74 Å². The Kier molecular flexibility index (Phi) is 7.27. The van der Waals surface area contributed by atoms with Crippen molar-refractivity contribution in [1.29, 1.82) is 0 Å². The molecule has 33 heavy (non-hydrogen) atoms. The monoisotopic (exact) mass is 471 g/mol. The zero-order valence-electron chi connectivity index (χ0n) is 18.6. The lowest BCUT2D eigenvalue weighted by Gasteiger charge is -2.21. The summed E-state index contributed by atoms with van der Waals surface area (Å²) in [6.45, 7) is 4.44. The second-order valence-corrected chi connectivity index (χ2v) is 8.62. The van der Waals surface area contributed by atoms with Crippen LogP contribution in [-0.4, -0.2) is 60.1 Å². The Hall–Kier alpha value is -2.94. The summed E-state index contributed by atoms with van der Waals surface area (Å²) in [6, 6.07) is 15.4. The van der Waals surface area contributed by atoms with Gasteiger partial charge in [0, 0.05) is 43.8 Å². The number of ether oxygens (including phenoxy) is 1. The molecule has 1 saturated heterocycles. The summed E-state index contributed by atoms with van der Waals surface area (Å²) in [6.07, 6.45) is 0. The van der Waals surface area contributed by atoms with Gasteiger partial charge in [-0.15, -0.1) is 0 Å². The number of aryl methyl sites for hydroxylation is 1. The van der Waals surface area contributed by atoms with Crippen LogP contribution in [0.1, 0.15) is 17.2 Å². The SMILES string of the molecule is COCCN1C[C@@H](NC(=O)Nc2cc(C)nn2-c2ccccc2)[C@H](c2cc(F)cc(Cl)c2)C1. The molecule has 0 unspecified atom stereocenters. The Morgan fingerprint density at radius 2 is 2.00 bits per heavy atom. The molecule has 1 aromatic heterocycles. The highest BCUT2D eigenvalue weighted by atomic mass is 35.5. The van der Waals surface area contributed by atoms with Gasteiger partial charge in [-0.25, -0.2) is 13.9 Å². The molecule has 1 aliphatic rings. The molecule has 1 aliphatic heterocycles. The lowest BCUT2D eigenvalue weighted by molar-refractivity contribution is 0.159. The van der Waals surface area contributed by atoms with Crippen LogP contribution in [0.25, 0.3) is 5.69 Å². The average Bonchev–Trinajstić information content (AvgIpc) is 3.35. The predicted molar refractivity (Wildman–Crippen MR) is 127 cm³/mol. The van der Waals surface area contributed by atoms with Crippen LogP contribution in [0.3, 0.4) is 0 Å². The Labute approximate surface area is 197 Å². The molecule has 1 fully saturated rings. The summed E-state index contributed by atoms with van der Waals surface area (Å²) in [5, 5.41) is 10.8. The van der Waals surface area contributed by atoms with E-state index in [1.807, 2.05) is 43.3 Å². The number of nitrogens with zero attached hydrogens (tertiary/aromatic N) is 3. The molecular weight excluding hydrogens is 445 g/mol. The molecule has 0 saturated carbocycles. The number of halogens is 2. The van der Waals surface area contributed by atoms with Crippen molar-refractivity contribution >= 4 is 23.4 Å². The fourth-order valence-electron chi connectivity index (χ4n) is 4.24. The highest BCUT2D eigenvalue weighted by Gasteiger charge is 2.35. The summed E-state index contributed by atoms with van der Waals surface area (Å²) >= 11 is 6.10. The molecule has 2 heterocycles. The lowest BCUT2D eigenvalue weighted by atomic mass is 9.94. The maximum Gasteiger partial charge on any atom is 0.320 e. The molecule has 174 valence electrons. The number of likely N-dealkylation sites (tertiary alicyclic amines) is 1. The number of benzene rings is 2. The van der Waals surface area contributed by atoms with Gasteiger partial charge in [0.1, 0.15) is 11.6 Å².